The number of rotatable bonds is 6. The Balaban J connectivity index is 1.11. The van der Waals surface area contributed by atoms with Crippen LogP contribution in [0.3, 0.4) is 0 Å². The van der Waals surface area contributed by atoms with Gasteiger partial charge < -0.3 is 4.57 Å². The number of hydrogen-bond acceptors (Lipinski definition) is 3. The van der Waals surface area contributed by atoms with Crippen LogP contribution < -0.4 is 0 Å². The maximum atomic E-state index is 5.31. The van der Waals surface area contributed by atoms with Gasteiger partial charge >= 0.3 is 0 Å². The minimum atomic E-state index is 0.575. The predicted octanol–water partition coefficient (Wildman–Crippen LogP) is 12.7. The van der Waals surface area contributed by atoms with Crippen LogP contribution in [0.5, 0.6) is 0 Å². The highest BCUT2D eigenvalue weighted by molar-refractivity contribution is 6.11. The van der Waals surface area contributed by atoms with E-state index in [0.717, 1.165) is 49.7 Å². The third-order valence-corrected chi connectivity index (χ3v) is 10.8. The van der Waals surface area contributed by atoms with Crippen molar-refractivity contribution in [3.05, 3.63) is 200 Å². The van der Waals surface area contributed by atoms with Gasteiger partial charge in [0.1, 0.15) is 0 Å². The lowest BCUT2D eigenvalue weighted by Gasteiger charge is -2.15. The lowest BCUT2D eigenvalue weighted by atomic mass is 9.99. The molecule has 262 valence electrons. The summed E-state index contributed by atoms with van der Waals surface area (Å²) in [5.74, 6) is 1.80. The van der Waals surface area contributed by atoms with Crippen molar-refractivity contribution in [3.8, 4) is 56.7 Å². The molecule has 8 aromatic carbocycles. The molecule has 0 fully saturated rings. The zero-order valence-electron chi connectivity index (χ0n) is 30.3. The van der Waals surface area contributed by atoms with Gasteiger partial charge in [-0.2, -0.15) is 9.97 Å². The number of nitrogens with zero attached hydrogens (tertiary/aromatic N) is 5. The summed E-state index contributed by atoms with van der Waals surface area (Å²) in [6.45, 7) is 0. The Labute approximate surface area is 323 Å². The molecule has 0 bridgehead atoms. The van der Waals surface area contributed by atoms with E-state index < -0.39 is 0 Å². The molecule has 0 aliphatic rings. The van der Waals surface area contributed by atoms with Crippen molar-refractivity contribution < 1.29 is 0 Å². The van der Waals surface area contributed by atoms with Crippen molar-refractivity contribution >= 4 is 43.6 Å². The first-order chi connectivity index (χ1) is 27.8. The number of para-hydroxylation sites is 4. The molecular weight excluding hydrogens is 683 g/mol. The molecule has 0 saturated heterocycles. The van der Waals surface area contributed by atoms with Crippen LogP contribution in [0.2, 0.25) is 0 Å². The number of aromatic nitrogens is 5. The first-order valence-electron chi connectivity index (χ1n) is 18.9. The van der Waals surface area contributed by atoms with Crippen LogP contribution in [0, 0.1) is 0 Å². The summed E-state index contributed by atoms with van der Waals surface area (Å²) in [4.78, 5) is 15.7. The molecule has 5 heteroatoms. The molecule has 0 saturated carbocycles. The average molecular weight is 716 g/mol. The van der Waals surface area contributed by atoms with Gasteiger partial charge in [-0.1, -0.05) is 158 Å². The number of hydrogen-bond donors (Lipinski definition) is 0. The van der Waals surface area contributed by atoms with Gasteiger partial charge in [-0.15, -0.1) is 0 Å². The largest absolute Gasteiger partial charge is 0.309 e. The molecule has 3 heterocycles. The average Bonchev–Trinajstić information content (AvgIpc) is 3.79. The van der Waals surface area contributed by atoms with Gasteiger partial charge in [0.15, 0.2) is 11.6 Å². The van der Waals surface area contributed by atoms with Crippen molar-refractivity contribution in [2.75, 3.05) is 0 Å². The highest BCUT2D eigenvalue weighted by Crippen LogP contribution is 2.39. The van der Waals surface area contributed by atoms with E-state index in [4.69, 9.17) is 15.0 Å². The molecular formula is C51H33N5. The van der Waals surface area contributed by atoms with Gasteiger partial charge in [0.25, 0.3) is 0 Å². The van der Waals surface area contributed by atoms with E-state index in [1.807, 2.05) is 18.2 Å². The predicted molar refractivity (Wildman–Crippen MR) is 230 cm³/mol. The third-order valence-electron chi connectivity index (χ3n) is 10.8. The fraction of sp³-hybridized carbons (Fsp3) is 0. The van der Waals surface area contributed by atoms with Gasteiger partial charge in [0.2, 0.25) is 5.95 Å². The second-order valence-electron chi connectivity index (χ2n) is 14.1. The van der Waals surface area contributed by atoms with E-state index in [1.165, 1.54) is 33.0 Å². The fourth-order valence-electron chi connectivity index (χ4n) is 8.19. The van der Waals surface area contributed by atoms with Gasteiger partial charge in [-0.3, -0.25) is 4.57 Å². The summed E-state index contributed by atoms with van der Waals surface area (Å²) in [5, 5.41) is 4.69. The SMILES string of the molecule is c1ccc(-c2ccc(-c3ccc4c(c3)c3ccccc3n4-c3ccccc3-c3nc(-c4ccccc4)nc(-n4c5ccccc5c5ccccc54)n3)cc2)cc1. The zero-order valence-corrected chi connectivity index (χ0v) is 30.3. The quantitative estimate of drug-likeness (QED) is 0.172. The van der Waals surface area contributed by atoms with Crippen molar-refractivity contribution in [1.29, 1.82) is 0 Å². The first kappa shape index (κ1) is 31.9. The molecule has 0 aliphatic heterocycles. The highest BCUT2D eigenvalue weighted by Gasteiger charge is 2.21. The van der Waals surface area contributed by atoms with Crippen LogP contribution in [0.4, 0.5) is 0 Å². The van der Waals surface area contributed by atoms with Crippen molar-refractivity contribution in [1.82, 2.24) is 24.1 Å². The first-order valence-corrected chi connectivity index (χ1v) is 18.9. The molecule has 0 aliphatic carbocycles. The summed E-state index contributed by atoms with van der Waals surface area (Å²) in [5.41, 5.74) is 11.9. The Morgan fingerprint density at radius 1 is 0.286 bits per heavy atom. The minimum absolute atomic E-state index is 0.575. The summed E-state index contributed by atoms with van der Waals surface area (Å²) >= 11 is 0. The molecule has 0 radical (unpaired) electrons. The van der Waals surface area contributed by atoms with Crippen LogP contribution in [-0.4, -0.2) is 24.1 Å². The lowest BCUT2D eigenvalue weighted by molar-refractivity contribution is 0.951. The molecule has 3 aromatic heterocycles. The lowest BCUT2D eigenvalue weighted by Crippen LogP contribution is -2.07. The smallest absolute Gasteiger partial charge is 0.238 e. The van der Waals surface area contributed by atoms with Crippen molar-refractivity contribution in [2.24, 2.45) is 0 Å². The van der Waals surface area contributed by atoms with Gasteiger partial charge in [-0.25, -0.2) is 4.98 Å². The second kappa shape index (κ2) is 13.0. The standard InChI is InChI=1S/C51H33N5/c1-3-15-34(16-4-1)35-27-29-36(30-28-35)38-31-32-48-43(33-38)41-21-9-11-23-44(41)55(48)47-26-14-10-22-42(47)50-52-49(37-17-5-2-6-18-37)53-51(54-50)56-45-24-12-7-19-39(45)40-20-8-13-25-46(40)56/h1-33H. The van der Waals surface area contributed by atoms with Crippen molar-refractivity contribution in [2.45, 2.75) is 0 Å². The van der Waals surface area contributed by atoms with E-state index in [2.05, 4.69) is 191 Å². The van der Waals surface area contributed by atoms with E-state index in [1.54, 1.807) is 0 Å². The van der Waals surface area contributed by atoms with E-state index >= 15 is 0 Å². The van der Waals surface area contributed by atoms with Gasteiger partial charge in [-0.05, 0) is 64.7 Å². The maximum absolute atomic E-state index is 5.31. The summed E-state index contributed by atoms with van der Waals surface area (Å²) in [6, 6.07) is 70.4. The van der Waals surface area contributed by atoms with Gasteiger partial charge in [0.05, 0.1) is 27.8 Å². The topological polar surface area (TPSA) is 48.5 Å². The van der Waals surface area contributed by atoms with Crippen LogP contribution in [0.1, 0.15) is 0 Å². The number of benzene rings is 8. The Kier molecular flexibility index (Phi) is 7.42. The zero-order chi connectivity index (χ0) is 37.0. The van der Waals surface area contributed by atoms with E-state index in [9.17, 15) is 0 Å². The molecule has 11 rings (SSSR count). The minimum Gasteiger partial charge on any atom is -0.309 e. The Bertz CT molecular complexity index is 3180. The normalized spacial score (nSPS) is 11.6. The van der Waals surface area contributed by atoms with Gasteiger partial charge in [0, 0.05) is 32.7 Å². The Morgan fingerprint density at radius 3 is 1.39 bits per heavy atom. The maximum Gasteiger partial charge on any atom is 0.238 e. The molecule has 11 aromatic rings. The monoisotopic (exact) mass is 715 g/mol. The molecule has 0 atom stereocenters. The van der Waals surface area contributed by atoms with Crippen LogP contribution in [0.15, 0.2) is 200 Å². The van der Waals surface area contributed by atoms with Crippen LogP contribution in [0.25, 0.3) is 100 Å². The molecule has 0 unspecified atom stereocenters. The molecule has 0 amide bonds. The Morgan fingerprint density at radius 2 is 0.732 bits per heavy atom. The Hall–Kier alpha value is -7.63. The molecule has 5 nitrogen and oxygen atoms in total. The summed E-state index contributed by atoms with van der Waals surface area (Å²) < 4.78 is 4.52. The van der Waals surface area contributed by atoms with E-state index in [-0.39, 0.29) is 0 Å². The molecule has 0 N–H and O–H groups in total. The number of fused-ring (bicyclic) bond motifs is 6. The third kappa shape index (κ3) is 5.21. The fourth-order valence-corrected chi connectivity index (χ4v) is 8.19. The van der Waals surface area contributed by atoms with E-state index in [0.29, 0.717) is 17.6 Å². The second-order valence-corrected chi connectivity index (χ2v) is 14.1. The molecule has 0 spiro atoms. The van der Waals surface area contributed by atoms with Crippen LogP contribution >= 0.6 is 0 Å². The molecule has 56 heavy (non-hydrogen) atoms. The van der Waals surface area contributed by atoms with Crippen LogP contribution in [-0.2, 0) is 0 Å². The summed E-state index contributed by atoms with van der Waals surface area (Å²) in [7, 11) is 0. The highest BCUT2D eigenvalue weighted by atomic mass is 15.2. The summed E-state index contributed by atoms with van der Waals surface area (Å²) in [6.07, 6.45) is 0. The van der Waals surface area contributed by atoms with Crippen molar-refractivity contribution in [3.63, 3.8) is 0 Å².